The Morgan fingerprint density at radius 3 is 2.90 bits per heavy atom. The van der Waals surface area contributed by atoms with E-state index in [9.17, 15) is 4.79 Å². The largest absolute Gasteiger partial charge is 0.381 e. The van der Waals surface area contributed by atoms with E-state index >= 15 is 0 Å². The first-order valence-electron chi connectivity index (χ1n) is 6.84. The lowest BCUT2D eigenvalue weighted by atomic mass is 10.1. The van der Waals surface area contributed by atoms with Crippen LogP contribution >= 0.6 is 0 Å². The summed E-state index contributed by atoms with van der Waals surface area (Å²) in [5.41, 5.74) is 10.0. The highest BCUT2D eigenvalue weighted by molar-refractivity contribution is 5.95. The van der Waals surface area contributed by atoms with Gasteiger partial charge in [0.15, 0.2) is 0 Å². The lowest BCUT2D eigenvalue weighted by molar-refractivity contribution is 0.1000. The monoisotopic (exact) mass is 279 g/mol. The van der Waals surface area contributed by atoms with Gasteiger partial charge in [-0.1, -0.05) is 18.2 Å². The normalized spacial score (nSPS) is 10.7. The molecule has 3 rings (SSSR count). The summed E-state index contributed by atoms with van der Waals surface area (Å²) < 4.78 is 0. The zero-order valence-corrected chi connectivity index (χ0v) is 11.8. The smallest absolute Gasteiger partial charge is 0.249 e. The predicted molar refractivity (Wildman–Crippen MR) is 85.3 cm³/mol. The highest BCUT2D eigenvalue weighted by Crippen LogP contribution is 2.20. The van der Waals surface area contributed by atoms with Gasteiger partial charge in [-0.05, 0) is 47.7 Å². The molecule has 1 aromatic heterocycles. The van der Waals surface area contributed by atoms with Crippen LogP contribution in [0.2, 0.25) is 0 Å². The molecular formula is C17H17N3O. The number of carbonyl (C=O) groups is 1. The van der Waals surface area contributed by atoms with Gasteiger partial charge in [-0.25, -0.2) is 0 Å². The number of amides is 1. The quantitative estimate of drug-likeness (QED) is 0.686. The highest BCUT2D eigenvalue weighted by atomic mass is 16.1. The van der Waals surface area contributed by atoms with Gasteiger partial charge in [-0.2, -0.15) is 0 Å². The Morgan fingerprint density at radius 1 is 1.24 bits per heavy atom. The molecule has 3 aromatic rings. The average molecular weight is 279 g/mol. The van der Waals surface area contributed by atoms with Crippen molar-refractivity contribution in [2.75, 3.05) is 5.32 Å². The molecule has 0 spiro atoms. The van der Waals surface area contributed by atoms with Gasteiger partial charge in [-0.3, -0.25) is 4.79 Å². The Hall–Kier alpha value is -2.75. The Morgan fingerprint density at radius 2 is 2.10 bits per heavy atom. The van der Waals surface area contributed by atoms with E-state index in [2.05, 4.69) is 28.5 Å². The van der Waals surface area contributed by atoms with E-state index in [1.807, 2.05) is 31.3 Å². The molecule has 2 aromatic carbocycles. The second kappa shape index (κ2) is 5.32. The van der Waals surface area contributed by atoms with Gasteiger partial charge in [0.05, 0.1) is 0 Å². The molecule has 0 saturated heterocycles. The van der Waals surface area contributed by atoms with E-state index in [4.69, 9.17) is 5.73 Å². The van der Waals surface area contributed by atoms with Crippen molar-refractivity contribution in [1.82, 2.24) is 4.98 Å². The Balaban J connectivity index is 1.81. The molecule has 21 heavy (non-hydrogen) atoms. The van der Waals surface area contributed by atoms with Gasteiger partial charge < -0.3 is 16.0 Å². The van der Waals surface area contributed by atoms with Gasteiger partial charge in [0, 0.05) is 29.5 Å². The summed E-state index contributed by atoms with van der Waals surface area (Å²) in [5.74, 6) is -0.399. The minimum Gasteiger partial charge on any atom is -0.381 e. The van der Waals surface area contributed by atoms with E-state index in [0.717, 1.165) is 16.8 Å². The van der Waals surface area contributed by atoms with Crippen LogP contribution in [0.25, 0.3) is 10.9 Å². The molecule has 0 aliphatic carbocycles. The van der Waals surface area contributed by atoms with Crippen LogP contribution in [0.5, 0.6) is 0 Å². The van der Waals surface area contributed by atoms with Crippen molar-refractivity contribution < 1.29 is 4.79 Å². The van der Waals surface area contributed by atoms with Gasteiger partial charge in [0.1, 0.15) is 0 Å². The maximum atomic E-state index is 11.4. The maximum absolute atomic E-state index is 11.4. The molecule has 1 heterocycles. The lowest BCUT2D eigenvalue weighted by Crippen LogP contribution is -2.13. The first-order chi connectivity index (χ1) is 10.1. The Kier molecular flexibility index (Phi) is 3.36. The molecular weight excluding hydrogens is 262 g/mol. The Labute approximate surface area is 123 Å². The van der Waals surface area contributed by atoms with E-state index in [0.29, 0.717) is 12.1 Å². The summed E-state index contributed by atoms with van der Waals surface area (Å²) in [6.07, 6.45) is 1.93. The Bertz CT molecular complexity index is 805. The van der Waals surface area contributed by atoms with Crippen LogP contribution in [0, 0.1) is 6.92 Å². The highest BCUT2D eigenvalue weighted by Gasteiger charge is 2.08. The number of H-pyrrole nitrogens is 1. The fourth-order valence-corrected chi connectivity index (χ4v) is 2.50. The molecule has 0 radical (unpaired) electrons. The number of primary amides is 1. The third-order valence-corrected chi connectivity index (χ3v) is 3.70. The molecule has 0 unspecified atom stereocenters. The van der Waals surface area contributed by atoms with Crippen molar-refractivity contribution >= 4 is 22.5 Å². The molecule has 0 fully saturated rings. The number of anilines is 1. The van der Waals surface area contributed by atoms with Crippen LogP contribution in [0.15, 0.2) is 48.7 Å². The molecule has 0 aliphatic heterocycles. The summed E-state index contributed by atoms with van der Waals surface area (Å²) in [6, 6.07) is 13.9. The summed E-state index contributed by atoms with van der Waals surface area (Å²) in [4.78, 5) is 14.6. The second-order valence-electron chi connectivity index (χ2n) is 5.10. The average Bonchev–Trinajstić information content (AvgIpc) is 2.93. The van der Waals surface area contributed by atoms with E-state index < -0.39 is 5.91 Å². The zero-order chi connectivity index (χ0) is 14.8. The number of nitrogens with one attached hydrogen (secondary N) is 2. The number of aromatic nitrogens is 1. The minimum atomic E-state index is -0.399. The van der Waals surface area contributed by atoms with Crippen LogP contribution < -0.4 is 11.1 Å². The number of benzene rings is 2. The first-order valence-corrected chi connectivity index (χ1v) is 6.84. The fourth-order valence-electron chi connectivity index (χ4n) is 2.50. The number of aromatic amines is 1. The zero-order valence-electron chi connectivity index (χ0n) is 11.8. The standard InChI is InChI=1S/C17H17N3O/c1-11-14(17(18)21)3-2-4-15(11)20-10-12-5-6-13-7-8-19-16(13)9-12/h2-9,19-20H,10H2,1H3,(H2,18,21). The second-order valence-corrected chi connectivity index (χ2v) is 5.10. The number of hydrogen-bond acceptors (Lipinski definition) is 2. The third kappa shape index (κ3) is 2.60. The van der Waals surface area contributed by atoms with Crippen molar-refractivity contribution in [2.45, 2.75) is 13.5 Å². The molecule has 0 atom stereocenters. The van der Waals surface area contributed by atoms with Crippen LogP contribution in [-0.2, 0) is 6.54 Å². The minimum absolute atomic E-state index is 0.399. The number of rotatable bonds is 4. The molecule has 4 heteroatoms. The predicted octanol–water partition coefficient (Wildman–Crippen LogP) is 3.19. The summed E-state index contributed by atoms with van der Waals surface area (Å²) in [6.45, 7) is 2.59. The summed E-state index contributed by atoms with van der Waals surface area (Å²) >= 11 is 0. The third-order valence-electron chi connectivity index (χ3n) is 3.70. The van der Waals surface area contributed by atoms with Crippen molar-refractivity contribution in [3.05, 3.63) is 65.4 Å². The molecule has 4 nitrogen and oxygen atoms in total. The maximum Gasteiger partial charge on any atom is 0.249 e. The lowest BCUT2D eigenvalue weighted by Gasteiger charge is -2.12. The summed E-state index contributed by atoms with van der Waals surface area (Å²) in [7, 11) is 0. The molecule has 4 N–H and O–H groups in total. The van der Waals surface area contributed by atoms with Crippen LogP contribution in [0.4, 0.5) is 5.69 Å². The first kappa shape index (κ1) is 13.2. The van der Waals surface area contributed by atoms with Crippen molar-refractivity contribution in [3.63, 3.8) is 0 Å². The van der Waals surface area contributed by atoms with Crippen LogP contribution in [0.1, 0.15) is 21.5 Å². The number of nitrogens with two attached hydrogens (primary N) is 1. The van der Waals surface area contributed by atoms with Gasteiger partial charge in [0.2, 0.25) is 5.91 Å². The number of fused-ring (bicyclic) bond motifs is 1. The van der Waals surface area contributed by atoms with Crippen molar-refractivity contribution in [2.24, 2.45) is 5.73 Å². The topological polar surface area (TPSA) is 70.9 Å². The van der Waals surface area contributed by atoms with Gasteiger partial charge in [-0.15, -0.1) is 0 Å². The SMILES string of the molecule is Cc1c(NCc2ccc3cc[nH]c3c2)cccc1C(N)=O. The van der Waals surface area contributed by atoms with Gasteiger partial charge in [0.25, 0.3) is 0 Å². The molecule has 106 valence electrons. The number of hydrogen-bond donors (Lipinski definition) is 3. The molecule has 0 aliphatic rings. The molecule has 1 amide bonds. The molecule has 0 saturated carbocycles. The van der Waals surface area contributed by atoms with Gasteiger partial charge >= 0.3 is 0 Å². The number of carbonyl (C=O) groups excluding carboxylic acids is 1. The van der Waals surface area contributed by atoms with E-state index in [-0.39, 0.29) is 0 Å². The van der Waals surface area contributed by atoms with Crippen LogP contribution in [0.3, 0.4) is 0 Å². The summed E-state index contributed by atoms with van der Waals surface area (Å²) in [5, 5.41) is 4.56. The van der Waals surface area contributed by atoms with Crippen LogP contribution in [-0.4, -0.2) is 10.9 Å². The van der Waals surface area contributed by atoms with E-state index in [1.54, 1.807) is 6.07 Å². The fraction of sp³-hybridized carbons (Fsp3) is 0.118. The van der Waals surface area contributed by atoms with Crippen molar-refractivity contribution in [1.29, 1.82) is 0 Å². The van der Waals surface area contributed by atoms with Crippen molar-refractivity contribution in [3.8, 4) is 0 Å². The van der Waals surface area contributed by atoms with E-state index in [1.165, 1.54) is 10.9 Å². The molecule has 0 bridgehead atoms.